The van der Waals surface area contributed by atoms with Crippen molar-refractivity contribution in [1.82, 2.24) is 9.55 Å². The molecule has 0 aliphatic heterocycles. The molecule has 2 aromatic carbocycles. The molecule has 0 fully saturated rings. The van der Waals surface area contributed by atoms with E-state index in [1.165, 1.54) is 0 Å². The maximum Gasteiger partial charge on any atom is 0.145 e. The van der Waals surface area contributed by atoms with Crippen molar-refractivity contribution >= 4 is 27.0 Å². The first-order chi connectivity index (χ1) is 9.58. The van der Waals surface area contributed by atoms with Gasteiger partial charge in [-0.15, -0.1) is 0 Å². The van der Waals surface area contributed by atoms with E-state index in [1.807, 2.05) is 30.3 Å². The Balaban J connectivity index is 2.35. The fourth-order valence-corrected chi connectivity index (χ4v) is 2.80. The standard InChI is InChI=1S/C16H15BrN2O/c1-10(2)19-14-8-7-11(17)9-13(14)18-16(19)12-5-3-4-6-15(12)20/h3-10,20H,1-2H3. The van der Waals surface area contributed by atoms with E-state index in [-0.39, 0.29) is 11.8 Å². The fourth-order valence-electron chi connectivity index (χ4n) is 2.45. The third-order valence-corrected chi connectivity index (χ3v) is 3.81. The number of nitrogens with zero attached hydrogens (tertiary/aromatic N) is 2. The monoisotopic (exact) mass is 330 g/mol. The number of hydrogen-bond acceptors (Lipinski definition) is 2. The highest BCUT2D eigenvalue weighted by molar-refractivity contribution is 9.10. The van der Waals surface area contributed by atoms with E-state index in [0.717, 1.165) is 26.9 Å². The minimum absolute atomic E-state index is 0.253. The summed E-state index contributed by atoms with van der Waals surface area (Å²) in [6, 6.07) is 13.6. The molecule has 0 spiro atoms. The molecule has 0 amide bonds. The van der Waals surface area contributed by atoms with Gasteiger partial charge in [0.05, 0.1) is 16.6 Å². The Kier molecular flexibility index (Phi) is 3.26. The Morgan fingerprint density at radius 3 is 2.60 bits per heavy atom. The van der Waals surface area contributed by atoms with Crippen LogP contribution in [0, 0.1) is 0 Å². The molecule has 0 saturated heterocycles. The van der Waals surface area contributed by atoms with Gasteiger partial charge in [-0.05, 0) is 44.2 Å². The highest BCUT2D eigenvalue weighted by Crippen LogP contribution is 2.33. The molecule has 0 saturated carbocycles. The highest BCUT2D eigenvalue weighted by atomic mass is 79.9. The summed E-state index contributed by atoms with van der Waals surface area (Å²) in [6.45, 7) is 4.24. The molecule has 0 aliphatic carbocycles. The van der Waals surface area contributed by atoms with Crippen LogP contribution in [0.2, 0.25) is 0 Å². The van der Waals surface area contributed by atoms with Gasteiger partial charge in [0, 0.05) is 10.5 Å². The highest BCUT2D eigenvalue weighted by Gasteiger charge is 2.17. The van der Waals surface area contributed by atoms with Gasteiger partial charge in [0.1, 0.15) is 11.6 Å². The summed E-state index contributed by atoms with van der Waals surface area (Å²) >= 11 is 3.48. The molecule has 0 bridgehead atoms. The fraction of sp³-hybridized carbons (Fsp3) is 0.188. The Morgan fingerprint density at radius 2 is 1.90 bits per heavy atom. The van der Waals surface area contributed by atoms with E-state index in [9.17, 15) is 5.11 Å². The Labute approximate surface area is 126 Å². The van der Waals surface area contributed by atoms with E-state index in [1.54, 1.807) is 6.07 Å². The molecule has 1 N–H and O–H groups in total. The van der Waals surface area contributed by atoms with Crippen LogP contribution >= 0.6 is 15.9 Å². The van der Waals surface area contributed by atoms with Gasteiger partial charge in [-0.1, -0.05) is 28.1 Å². The number of benzene rings is 2. The summed E-state index contributed by atoms with van der Waals surface area (Å²) in [7, 11) is 0. The molecule has 20 heavy (non-hydrogen) atoms. The average Bonchev–Trinajstić information content (AvgIpc) is 2.77. The normalized spacial score (nSPS) is 11.4. The quantitative estimate of drug-likeness (QED) is 0.736. The molecule has 1 aromatic heterocycles. The molecule has 3 rings (SSSR count). The first-order valence-corrected chi connectivity index (χ1v) is 7.33. The lowest BCUT2D eigenvalue weighted by Gasteiger charge is -2.13. The molecule has 0 unspecified atom stereocenters. The number of phenols is 1. The number of hydrogen-bond donors (Lipinski definition) is 1. The maximum absolute atomic E-state index is 10.1. The van der Waals surface area contributed by atoms with Gasteiger partial charge >= 0.3 is 0 Å². The largest absolute Gasteiger partial charge is 0.507 e. The zero-order valence-electron chi connectivity index (χ0n) is 11.3. The minimum Gasteiger partial charge on any atom is -0.507 e. The van der Waals surface area contributed by atoms with E-state index in [0.29, 0.717) is 0 Å². The van der Waals surface area contributed by atoms with Crippen LogP contribution < -0.4 is 0 Å². The van der Waals surface area contributed by atoms with Crippen molar-refractivity contribution in [2.45, 2.75) is 19.9 Å². The van der Waals surface area contributed by atoms with Crippen molar-refractivity contribution in [3.63, 3.8) is 0 Å². The van der Waals surface area contributed by atoms with Crippen LogP contribution in [0.25, 0.3) is 22.4 Å². The van der Waals surface area contributed by atoms with Crippen molar-refractivity contribution in [3.05, 3.63) is 46.9 Å². The minimum atomic E-state index is 0.253. The molecule has 4 heteroatoms. The summed E-state index contributed by atoms with van der Waals surface area (Å²) in [4.78, 5) is 4.70. The van der Waals surface area contributed by atoms with Crippen molar-refractivity contribution in [1.29, 1.82) is 0 Å². The van der Waals surface area contributed by atoms with Gasteiger partial charge in [-0.2, -0.15) is 0 Å². The summed E-state index contributed by atoms with van der Waals surface area (Å²) in [6.07, 6.45) is 0. The number of aromatic nitrogens is 2. The number of imidazole rings is 1. The van der Waals surface area contributed by atoms with E-state index in [2.05, 4.69) is 40.4 Å². The van der Waals surface area contributed by atoms with Crippen molar-refractivity contribution in [3.8, 4) is 17.1 Å². The molecular weight excluding hydrogens is 316 g/mol. The molecule has 0 atom stereocenters. The number of rotatable bonds is 2. The van der Waals surface area contributed by atoms with Crippen molar-refractivity contribution < 1.29 is 5.11 Å². The Morgan fingerprint density at radius 1 is 1.15 bits per heavy atom. The van der Waals surface area contributed by atoms with E-state index < -0.39 is 0 Å². The lowest BCUT2D eigenvalue weighted by Crippen LogP contribution is -2.03. The number of fused-ring (bicyclic) bond motifs is 1. The van der Waals surface area contributed by atoms with Crippen molar-refractivity contribution in [2.75, 3.05) is 0 Å². The summed E-state index contributed by atoms with van der Waals surface area (Å²) < 4.78 is 3.15. The van der Waals surface area contributed by atoms with Gasteiger partial charge in [-0.25, -0.2) is 4.98 Å². The number of phenolic OH excluding ortho intramolecular Hbond substituents is 1. The predicted octanol–water partition coefficient (Wildman–Crippen LogP) is 4.75. The third kappa shape index (κ3) is 2.10. The number of aromatic hydroxyl groups is 1. The smallest absolute Gasteiger partial charge is 0.145 e. The second kappa shape index (κ2) is 4.94. The number of para-hydroxylation sites is 1. The van der Waals surface area contributed by atoms with Gasteiger partial charge in [0.2, 0.25) is 0 Å². The SMILES string of the molecule is CC(C)n1c(-c2ccccc2O)nc2cc(Br)ccc21. The van der Waals surface area contributed by atoms with Crippen LogP contribution in [0.5, 0.6) is 5.75 Å². The molecule has 0 aliphatic rings. The molecule has 102 valence electrons. The zero-order chi connectivity index (χ0) is 14.3. The van der Waals surface area contributed by atoms with E-state index in [4.69, 9.17) is 4.98 Å². The first-order valence-electron chi connectivity index (χ1n) is 6.54. The second-order valence-electron chi connectivity index (χ2n) is 5.05. The zero-order valence-corrected chi connectivity index (χ0v) is 12.9. The maximum atomic E-state index is 10.1. The summed E-state index contributed by atoms with van der Waals surface area (Å²) in [5, 5.41) is 10.1. The van der Waals surface area contributed by atoms with Gasteiger partial charge in [0.15, 0.2) is 0 Å². The molecule has 0 radical (unpaired) electrons. The van der Waals surface area contributed by atoms with Gasteiger partial charge < -0.3 is 9.67 Å². The lowest BCUT2D eigenvalue weighted by atomic mass is 10.2. The first kappa shape index (κ1) is 13.2. The van der Waals surface area contributed by atoms with Crippen LogP contribution in [-0.4, -0.2) is 14.7 Å². The van der Waals surface area contributed by atoms with Crippen LogP contribution in [-0.2, 0) is 0 Å². The topological polar surface area (TPSA) is 38.0 Å². The molecule has 1 heterocycles. The van der Waals surface area contributed by atoms with Crippen LogP contribution in [0.4, 0.5) is 0 Å². The number of halogens is 1. The van der Waals surface area contributed by atoms with Crippen LogP contribution in [0.3, 0.4) is 0 Å². The second-order valence-corrected chi connectivity index (χ2v) is 5.97. The van der Waals surface area contributed by atoms with E-state index >= 15 is 0 Å². The molecule has 3 aromatic rings. The Hall–Kier alpha value is -1.81. The molecular formula is C16H15BrN2O. The average molecular weight is 331 g/mol. The van der Waals surface area contributed by atoms with Gasteiger partial charge in [0.25, 0.3) is 0 Å². The molecule has 3 nitrogen and oxygen atoms in total. The summed E-state index contributed by atoms with van der Waals surface area (Å²) in [5.74, 6) is 1.05. The van der Waals surface area contributed by atoms with Crippen molar-refractivity contribution in [2.24, 2.45) is 0 Å². The Bertz CT molecular complexity index is 777. The third-order valence-electron chi connectivity index (χ3n) is 3.31. The van der Waals surface area contributed by atoms with Crippen LogP contribution in [0.1, 0.15) is 19.9 Å². The lowest BCUT2D eigenvalue weighted by molar-refractivity contribution is 0.476. The summed E-state index contributed by atoms with van der Waals surface area (Å²) in [5.41, 5.74) is 2.75. The van der Waals surface area contributed by atoms with Gasteiger partial charge in [-0.3, -0.25) is 0 Å². The predicted molar refractivity (Wildman–Crippen MR) is 84.9 cm³/mol. The van der Waals surface area contributed by atoms with Crippen LogP contribution in [0.15, 0.2) is 46.9 Å².